The third kappa shape index (κ3) is 2.25. The summed E-state index contributed by atoms with van der Waals surface area (Å²) in [4.78, 5) is 0. The summed E-state index contributed by atoms with van der Waals surface area (Å²) in [6.07, 6.45) is 7.74. The smallest absolute Gasteiger partial charge is 0.119 e. The molecule has 114 valence electrons. The van der Waals surface area contributed by atoms with Gasteiger partial charge in [0.05, 0.1) is 7.11 Å². The van der Waals surface area contributed by atoms with Gasteiger partial charge in [0.15, 0.2) is 0 Å². The Kier molecular flexibility index (Phi) is 3.97. The Morgan fingerprint density at radius 2 is 2.14 bits per heavy atom. The van der Waals surface area contributed by atoms with Crippen LogP contribution in [0, 0.1) is 5.92 Å². The Balaban J connectivity index is 2.19. The molecule has 2 unspecified atom stereocenters. The average molecular weight is 285 g/mol. The monoisotopic (exact) mass is 285 g/mol. The topological polar surface area (TPSA) is 21.3 Å². The van der Waals surface area contributed by atoms with Gasteiger partial charge in [-0.3, -0.25) is 0 Å². The predicted molar refractivity (Wildman–Crippen MR) is 89.8 cm³/mol. The third-order valence-corrected chi connectivity index (χ3v) is 5.48. The lowest BCUT2D eigenvalue weighted by Crippen LogP contribution is -2.14. The van der Waals surface area contributed by atoms with Gasteiger partial charge in [0.25, 0.3) is 0 Å². The van der Waals surface area contributed by atoms with Crippen molar-refractivity contribution in [3.05, 3.63) is 34.9 Å². The minimum atomic E-state index is 0.742. The first-order chi connectivity index (χ1) is 10.2. The molecule has 2 aliphatic rings. The number of hydrogen-bond donors (Lipinski definition) is 1. The van der Waals surface area contributed by atoms with Crippen LogP contribution in [0.4, 0.5) is 5.69 Å². The van der Waals surface area contributed by atoms with Gasteiger partial charge in [0, 0.05) is 18.3 Å². The summed E-state index contributed by atoms with van der Waals surface area (Å²) in [7, 11) is 3.80. The number of nitrogens with one attached hydrogen (secondary N) is 1. The van der Waals surface area contributed by atoms with Gasteiger partial charge in [-0.1, -0.05) is 26.3 Å². The molecule has 0 spiro atoms. The Morgan fingerprint density at radius 3 is 2.81 bits per heavy atom. The minimum Gasteiger partial charge on any atom is -0.497 e. The molecule has 1 saturated carbocycles. The van der Waals surface area contributed by atoms with Crippen LogP contribution < -0.4 is 5.32 Å². The van der Waals surface area contributed by atoms with Gasteiger partial charge in [-0.15, -0.1) is 0 Å². The number of anilines is 1. The van der Waals surface area contributed by atoms with Crippen molar-refractivity contribution >= 4 is 11.4 Å². The molecule has 0 amide bonds. The van der Waals surface area contributed by atoms with E-state index in [1.807, 2.05) is 0 Å². The molecule has 3 rings (SSSR count). The molecule has 2 aliphatic carbocycles. The van der Waals surface area contributed by atoms with Crippen LogP contribution in [0.15, 0.2) is 12.6 Å². The summed E-state index contributed by atoms with van der Waals surface area (Å²) in [5.74, 6) is 2.39. The van der Waals surface area contributed by atoms with Crippen molar-refractivity contribution in [1.82, 2.24) is 0 Å². The van der Waals surface area contributed by atoms with Gasteiger partial charge in [0.1, 0.15) is 5.76 Å². The Bertz CT molecular complexity index is 561. The van der Waals surface area contributed by atoms with Crippen molar-refractivity contribution in [1.29, 1.82) is 0 Å². The highest BCUT2D eigenvalue weighted by Crippen LogP contribution is 2.52. The molecule has 1 N–H and O–H groups in total. The molecule has 1 aromatic rings. The number of fused-ring (bicyclic) bond motifs is 3. The van der Waals surface area contributed by atoms with E-state index in [0.29, 0.717) is 0 Å². The van der Waals surface area contributed by atoms with Gasteiger partial charge < -0.3 is 10.1 Å². The fourth-order valence-electron chi connectivity index (χ4n) is 4.46. The van der Waals surface area contributed by atoms with Crippen molar-refractivity contribution in [3.8, 4) is 0 Å². The largest absolute Gasteiger partial charge is 0.497 e. The van der Waals surface area contributed by atoms with Crippen molar-refractivity contribution in [3.63, 3.8) is 0 Å². The fourth-order valence-corrected chi connectivity index (χ4v) is 4.46. The number of rotatable bonds is 4. The van der Waals surface area contributed by atoms with Crippen LogP contribution in [-0.4, -0.2) is 14.2 Å². The molecule has 1 fully saturated rings. The van der Waals surface area contributed by atoms with E-state index in [9.17, 15) is 0 Å². The first-order valence-electron chi connectivity index (χ1n) is 8.30. The lowest BCUT2D eigenvalue weighted by atomic mass is 9.79. The highest BCUT2D eigenvalue weighted by atomic mass is 16.5. The molecule has 1 aromatic carbocycles. The quantitative estimate of drug-likeness (QED) is 0.807. The maximum Gasteiger partial charge on any atom is 0.119 e. The average Bonchev–Trinajstić information content (AvgIpc) is 2.91. The summed E-state index contributed by atoms with van der Waals surface area (Å²) < 4.78 is 5.47. The first-order valence-corrected chi connectivity index (χ1v) is 8.30. The summed E-state index contributed by atoms with van der Waals surface area (Å²) in [5.41, 5.74) is 7.11. The molecule has 2 atom stereocenters. The van der Waals surface area contributed by atoms with Gasteiger partial charge in [-0.2, -0.15) is 0 Å². The lowest BCUT2D eigenvalue weighted by Gasteiger charge is -2.27. The minimum absolute atomic E-state index is 0.742. The molecule has 2 heteroatoms. The van der Waals surface area contributed by atoms with E-state index < -0.39 is 0 Å². The molecule has 0 aliphatic heterocycles. The summed E-state index contributed by atoms with van der Waals surface area (Å²) >= 11 is 0. The van der Waals surface area contributed by atoms with Gasteiger partial charge in [-0.05, 0) is 60.3 Å². The van der Waals surface area contributed by atoms with Gasteiger partial charge in [-0.25, -0.2) is 0 Å². The second-order valence-electron chi connectivity index (χ2n) is 6.44. The van der Waals surface area contributed by atoms with E-state index in [1.54, 1.807) is 12.7 Å². The fraction of sp³-hybridized carbons (Fsp3) is 0.579. The molecule has 0 aromatic heterocycles. The highest BCUT2D eigenvalue weighted by Gasteiger charge is 2.38. The number of methoxy groups -OCH3 is 1. The maximum atomic E-state index is 5.47. The molecular weight excluding hydrogens is 258 g/mol. The molecule has 0 heterocycles. The molecule has 2 nitrogen and oxygen atoms in total. The van der Waals surface area contributed by atoms with Crippen LogP contribution >= 0.6 is 0 Å². The first kappa shape index (κ1) is 14.5. The van der Waals surface area contributed by atoms with Gasteiger partial charge >= 0.3 is 0 Å². The van der Waals surface area contributed by atoms with Crippen LogP contribution in [0.5, 0.6) is 0 Å². The second kappa shape index (κ2) is 5.75. The Labute approximate surface area is 128 Å². The van der Waals surface area contributed by atoms with E-state index in [4.69, 9.17) is 4.74 Å². The van der Waals surface area contributed by atoms with Crippen LogP contribution in [-0.2, 0) is 17.6 Å². The van der Waals surface area contributed by atoms with Crippen molar-refractivity contribution in [2.45, 2.75) is 51.4 Å². The predicted octanol–water partition coefficient (Wildman–Crippen LogP) is 4.74. The number of aryl methyl sites for hydroxylation is 1. The second-order valence-corrected chi connectivity index (χ2v) is 6.44. The van der Waals surface area contributed by atoms with E-state index in [2.05, 4.69) is 31.9 Å². The zero-order valence-electron chi connectivity index (χ0n) is 13.6. The number of hydrogen-bond acceptors (Lipinski definition) is 2. The number of ether oxygens (including phenoxy) is 1. The summed E-state index contributed by atoms with van der Waals surface area (Å²) in [6.45, 7) is 6.36. The van der Waals surface area contributed by atoms with Crippen molar-refractivity contribution in [2.75, 3.05) is 19.5 Å². The molecule has 0 bridgehead atoms. The Hall–Kier alpha value is -1.44. The summed E-state index contributed by atoms with van der Waals surface area (Å²) in [6, 6.07) is 2.30. The SMILES string of the molecule is C=C(OC)c1cc(CC)c(NC)c2c1CC1CCCCC21. The third-order valence-electron chi connectivity index (χ3n) is 5.48. The molecular formula is C19H27NO. The summed E-state index contributed by atoms with van der Waals surface area (Å²) in [5, 5.41) is 3.49. The van der Waals surface area contributed by atoms with Gasteiger partial charge in [0.2, 0.25) is 0 Å². The standard InChI is InChI=1S/C19H27NO/c1-5-13-10-16(12(2)21-4)17-11-14-8-6-7-9-15(14)18(17)19(13)20-3/h10,14-15,20H,2,5-9,11H2,1,3-4H3. The van der Waals surface area contributed by atoms with Crippen molar-refractivity contribution < 1.29 is 4.74 Å². The Morgan fingerprint density at radius 1 is 1.38 bits per heavy atom. The van der Waals surface area contributed by atoms with E-state index in [0.717, 1.165) is 24.0 Å². The van der Waals surface area contributed by atoms with Crippen LogP contribution in [0.1, 0.15) is 60.8 Å². The zero-order chi connectivity index (χ0) is 15.0. The molecule has 0 saturated heterocycles. The maximum absolute atomic E-state index is 5.47. The van der Waals surface area contributed by atoms with Crippen LogP contribution in [0.25, 0.3) is 5.76 Å². The lowest BCUT2D eigenvalue weighted by molar-refractivity contribution is 0.330. The normalized spacial score (nSPS) is 23.4. The van der Waals surface area contributed by atoms with E-state index >= 15 is 0 Å². The molecule has 21 heavy (non-hydrogen) atoms. The van der Waals surface area contributed by atoms with E-state index in [1.165, 1.54) is 54.5 Å². The van der Waals surface area contributed by atoms with Crippen molar-refractivity contribution in [2.24, 2.45) is 5.92 Å². The van der Waals surface area contributed by atoms with E-state index in [-0.39, 0.29) is 0 Å². The molecule has 0 radical (unpaired) electrons. The number of benzene rings is 1. The van der Waals surface area contributed by atoms with Crippen LogP contribution in [0.3, 0.4) is 0 Å². The van der Waals surface area contributed by atoms with Crippen LogP contribution in [0.2, 0.25) is 0 Å². The zero-order valence-corrected chi connectivity index (χ0v) is 13.6. The highest BCUT2D eigenvalue weighted by molar-refractivity contribution is 5.73.